The van der Waals surface area contributed by atoms with Gasteiger partial charge < -0.3 is 5.32 Å². The van der Waals surface area contributed by atoms with E-state index in [0.717, 1.165) is 19.4 Å². The molecular formula is C7H10ClNO. The second kappa shape index (κ2) is 2.12. The Balaban J connectivity index is 2.20. The number of nitrogens with one attached hydrogen (secondary N) is 1. The molecule has 3 atom stereocenters. The van der Waals surface area contributed by atoms with Gasteiger partial charge in [0.15, 0.2) is 0 Å². The van der Waals surface area contributed by atoms with Crippen LogP contribution in [0.2, 0.25) is 0 Å². The number of carbonyl (C=O) groups is 1. The topological polar surface area (TPSA) is 29.1 Å². The minimum absolute atomic E-state index is 0.111. The lowest BCUT2D eigenvalue weighted by Crippen LogP contribution is -2.43. The molecule has 56 valence electrons. The van der Waals surface area contributed by atoms with Crippen molar-refractivity contribution < 1.29 is 4.79 Å². The fraction of sp³-hybridized carbons (Fsp3) is 0.857. The van der Waals surface area contributed by atoms with Crippen LogP contribution in [0.3, 0.4) is 0 Å². The molecule has 0 aromatic carbocycles. The predicted octanol–water partition coefficient (Wildman–Crippen LogP) is 0.750. The number of piperidine rings is 1. The van der Waals surface area contributed by atoms with Crippen LogP contribution < -0.4 is 5.32 Å². The number of rotatable bonds is 0. The van der Waals surface area contributed by atoms with Gasteiger partial charge in [-0.1, -0.05) is 0 Å². The Morgan fingerprint density at radius 3 is 3.00 bits per heavy atom. The van der Waals surface area contributed by atoms with E-state index in [1.807, 2.05) is 0 Å². The van der Waals surface area contributed by atoms with E-state index < -0.39 is 0 Å². The summed E-state index contributed by atoms with van der Waals surface area (Å²) in [6.45, 7) is 0.795. The molecule has 1 aliphatic heterocycles. The van der Waals surface area contributed by atoms with Gasteiger partial charge in [0.1, 0.15) is 0 Å². The summed E-state index contributed by atoms with van der Waals surface area (Å²) in [6.07, 6.45) is 2.11. The lowest BCUT2D eigenvalue weighted by molar-refractivity contribution is -0.125. The molecule has 0 radical (unpaired) electrons. The van der Waals surface area contributed by atoms with E-state index in [1.165, 1.54) is 0 Å². The van der Waals surface area contributed by atoms with Crippen LogP contribution in [0.4, 0.5) is 0 Å². The third-order valence-corrected chi connectivity index (χ3v) is 3.22. The molecule has 1 aliphatic carbocycles. The first-order valence-corrected chi connectivity index (χ1v) is 4.14. The Morgan fingerprint density at radius 2 is 2.30 bits per heavy atom. The Labute approximate surface area is 64.9 Å². The summed E-state index contributed by atoms with van der Waals surface area (Å²) in [5, 5.41) is 2.97. The second-order valence-corrected chi connectivity index (χ2v) is 3.64. The Hall–Kier alpha value is -0.240. The first kappa shape index (κ1) is 6.47. The maximum Gasteiger partial charge on any atom is 0.224 e. The van der Waals surface area contributed by atoms with Gasteiger partial charge in [0.2, 0.25) is 5.91 Å². The molecule has 2 rings (SSSR count). The standard InChI is InChI=1S/C7H10ClNO/c8-6-4-1-2-5(6)7(10)9-3-4/h4-6H,1-3H2,(H,9,10)/t4-,5-,6-/m1/s1. The predicted molar refractivity (Wildman–Crippen MR) is 38.9 cm³/mol. The molecule has 3 heteroatoms. The minimum atomic E-state index is 0.111. The molecule has 1 amide bonds. The Bertz CT molecular complexity index is 171. The quantitative estimate of drug-likeness (QED) is 0.520. The molecule has 0 aromatic rings. The van der Waals surface area contributed by atoms with E-state index in [9.17, 15) is 4.79 Å². The van der Waals surface area contributed by atoms with Crippen LogP contribution in [0.1, 0.15) is 12.8 Å². The van der Waals surface area contributed by atoms with Gasteiger partial charge in [0.05, 0.1) is 5.92 Å². The summed E-state index contributed by atoms with van der Waals surface area (Å²) in [4.78, 5) is 11.1. The van der Waals surface area contributed by atoms with E-state index >= 15 is 0 Å². The number of halogens is 1. The number of hydrogen-bond donors (Lipinski definition) is 1. The number of alkyl halides is 1. The molecule has 10 heavy (non-hydrogen) atoms. The molecule has 1 saturated heterocycles. The molecule has 1 heterocycles. The van der Waals surface area contributed by atoms with E-state index in [1.54, 1.807) is 0 Å². The number of hydrogen-bond acceptors (Lipinski definition) is 1. The van der Waals surface area contributed by atoms with Gasteiger partial charge in [0, 0.05) is 11.9 Å². The molecule has 2 fully saturated rings. The molecule has 0 aromatic heterocycles. The number of amides is 1. The average molecular weight is 160 g/mol. The highest BCUT2D eigenvalue weighted by atomic mass is 35.5. The van der Waals surface area contributed by atoms with Crippen LogP contribution in [0, 0.1) is 11.8 Å². The van der Waals surface area contributed by atoms with Gasteiger partial charge in [-0.05, 0) is 18.8 Å². The van der Waals surface area contributed by atoms with Crippen molar-refractivity contribution in [1.29, 1.82) is 0 Å². The highest BCUT2D eigenvalue weighted by molar-refractivity contribution is 6.22. The van der Waals surface area contributed by atoms with Gasteiger partial charge in [0.25, 0.3) is 0 Å². The highest BCUT2D eigenvalue weighted by Crippen LogP contribution is 2.37. The zero-order chi connectivity index (χ0) is 7.14. The van der Waals surface area contributed by atoms with Crippen molar-refractivity contribution in [3.8, 4) is 0 Å². The van der Waals surface area contributed by atoms with Crippen LogP contribution in [-0.2, 0) is 4.79 Å². The van der Waals surface area contributed by atoms with Gasteiger partial charge in [-0.25, -0.2) is 0 Å². The van der Waals surface area contributed by atoms with Crippen molar-refractivity contribution in [1.82, 2.24) is 5.32 Å². The van der Waals surface area contributed by atoms with Crippen molar-refractivity contribution in [2.75, 3.05) is 6.54 Å². The zero-order valence-electron chi connectivity index (χ0n) is 5.64. The van der Waals surface area contributed by atoms with E-state index in [2.05, 4.69) is 5.32 Å². The van der Waals surface area contributed by atoms with Crippen molar-refractivity contribution in [2.45, 2.75) is 18.2 Å². The second-order valence-electron chi connectivity index (χ2n) is 3.13. The van der Waals surface area contributed by atoms with Crippen molar-refractivity contribution in [2.24, 2.45) is 11.8 Å². The Morgan fingerprint density at radius 1 is 1.50 bits per heavy atom. The van der Waals surface area contributed by atoms with Crippen LogP contribution in [0.5, 0.6) is 0 Å². The average Bonchev–Trinajstić information content (AvgIpc) is 2.13. The minimum Gasteiger partial charge on any atom is -0.355 e. The molecule has 1 N–H and O–H groups in total. The third kappa shape index (κ3) is 0.749. The summed E-state index contributed by atoms with van der Waals surface area (Å²) in [7, 11) is 0. The van der Waals surface area contributed by atoms with E-state index in [0.29, 0.717) is 5.92 Å². The van der Waals surface area contributed by atoms with Crippen molar-refractivity contribution >= 4 is 17.5 Å². The van der Waals surface area contributed by atoms with Crippen LogP contribution in [0.15, 0.2) is 0 Å². The smallest absolute Gasteiger partial charge is 0.224 e. The maximum absolute atomic E-state index is 11.1. The van der Waals surface area contributed by atoms with Crippen LogP contribution in [-0.4, -0.2) is 17.8 Å². The normalized spacial score (nSPS) is 45.3. The molecule has 1 saturated carbocycles. The molecule has 2 nitrogen and oxygen atoms in total. The van der Waals surface area contributed by atoms with E-state index in [4.69, 9.17) is 11.6 Å². The fourth-order valence-corrected chi connectivity index (χ4v) is 2.35. The van der Waals surface area contributed by atoms with Crippen molar-refractivity contribution in [3.05, 3.63) is 0 Å². The molecule has 0 spiro atoms. The maximum atomic E-state index is 11.1. The fourth-order valence-electron chi connectivity index (χ4n) is 1.89. The Kier molecular flexibility index (Phi) is 1.37. The zero-order valence-corrected chi connectivity index (χ0v) is 6.40. The van der Waals surface area contributed by atoms with Crippen LogP contribution in [0.25, 0.3) is 0 Å². The SMILES string of the molecule is O=C1NC[C@H]2CC[C@@H]1[C@@H]2Cl. The number of carbonyl (C=O) groups excluding carboxylic acids is 1. The monoisotopic (exact) mass is 159 g/mol. The lowest BCUT2D eigenvalue weighted by Gasteiger charge is -2.24. The first-order chi connectivity index (χ1) is 4.79. The molecule has 2 aliphatic rings. The summed E-state index contributed by atoms with van der Waals surface area (Å²) in [5.41, 5.74) is 0. The molecular weight excluding hydrogens is 150 g/mol. The third-order valence-electron chi connectivity index (χ3n) is 2.56. The van der Waals surface area contributed by atoms with Gasteiger partial charge in [-0.3, -0.25) is 4.79 Å². The highest BCUT2D eigenvalue weighted by Gasteiger charge is 2.42. The first-order valence-electron chi connectivity index (χ1n) is 3.71. The summed E-state index contributed by atoms with van der Waals surface area (Å²) in [6, 6.07) is 0. The number of fused-ring (bicyclic) bond motifs is 2. The van der Waals surface area contributed by atoms with Gasteiger partial charge in [-0.15, -0.1) is 11.6 Å². The van der Waals surface area contributed by atoms with Crippen molar-refractivity contribution in [3.63, 3.8) is 0 Å². The summed E-state index contributed by atoms with van der Waals surface area (Å²) >= 11 is 6.01. The molecule has 2 bridgehead atoms. The summed E-state index contributed by atoms with van der Waals surface area (Å²) in [5.74, 6) is 0.818. The summed E-state index contributed by atoms with van der Waals surface area (Å²) < 4.78 is 0. The molecule has 0 unspecified atom stereocenters. The van der Waals surface area contributed by atoms with Gasteiger partial charge in [-0.2, -0.15) is 0 Å². The van der Waals surface area contributed by atoms with E-state index in [-0.39, 0.29) is 17.2 Å². The van der Waals surface area contributed by atoms with Crippen LogP contribution >= 0.6 is 11.6 Å². The van der Waals surface area contributed by atoms with Gasteiger partial charge >= 0.3 is 0 Å². The largest absolute Gasteiger partial charge is 0.355 e. The lowest BCUT2D eigenvalue weighted by atomic mass is 9.99.